The minimum absolute atomic E-state index is 0.0471. The van der Waals surface area contributed by atoms with Gasteiger partial charge in [0, 0.05) is 22.3 Å². The lowest BCUT2D eigenvalue weighted by Crippen LogP contribution is -2.47. The Labute approximate surface area is 160 Å². The molecule has 1 aromatic carbocycles. The SMILES string of the molecule is C[C@@H]1Cc2c(ccc3ncoc23)[C@@H](c2ncc(Br)cc2F)N1CC(F)(F)F. The summed E-state index contributed by atoms with van der Waals surface area (Å²) < 4.78 is 60.3. The first-order valence-electron chi connectivity index (χ1n) is 8.23. The maximum atomic E-state index is 14.7. The minimum atomic E-state index is -4.42. The average molecular weight is 444 g/mol. The molecule has 0 spiro atoms. The molecule has 2 atom stereocenters. The number of oxazole rings is 1. The van der Waals surface area contributed by atoms with Gasteiger partial charge in [0.1, 0.15) is 11.3 Å². The molecule has 3 aromatic rings. The van der Waals surface area contributed by atoms with Crippen molar-refractivity contribution in [3.63, 3.8) is 0 Å². The standard InChI is InChI=1S/C18H14BrF4N3O/c1-9-4-12-11(2-3-14-17(12)27-8-25-14)16(26(9)7-18(21,22)23)15-13(20)5-10(19)6-24-15/h2-3,5-6,8-9,16H,4,7H2,1H3/t9-,16+/m1/s1. The summed E-state index contributed by atoms with van der Waals surface area (Å²) in [7, 11) is 0. The molecule has 0 unspecified atom stereocenters. The Kier molecular flexibility index (Phi) is 4.46. The van der Waals surface area contributed by atoms with Crippen molar-refractivity contribution in [2.45, 2.75) is 31.6 Å². The molecule has 0 radical (unpaired) electrons. The topological polar surface area (TPSA) is 42.2 Å². The number of halogens is 5. The van der Waals surface area contributed by atoms with E-state index in [9.17, 15) is 17.6 Å². The maximum Gasteiger partial charge on any atom is 0.401 e. The van der Waals surface area contributed by atoms with Gasteiger partial charge < -0.3 is 4.42 Å². The van der Waals surface area contributed by atoms with Crippen molar-refractivity contribution in [3.05, 3.63) is 57.9 Å². The van der Waals surface area contributed by atoms with Gasteiger partial charge in [-0.3, -0.25) is 9.88 Å². The largest absolute Gasteiger partial charge is 0.443 e. The molecule has 1 aliphatic rings. The molecule has 3 heterocycles. The van der Waals surface area contributed by atoms with Crippen LogP contribution in [-0.4, -0.2) is 33.6 Å². The Morgan fingerprint density at radius 3 is 2.78 bits per heavy atom. The fourth-order valence-corrected chi connectivity index (χ4v) is 4.00. The lowest BCUT2D eigenvalue weighted by atomic mass is 9.86. The fourth-order valence-electron chi connectivity index (χ4n) is 3.70. The lowest BCUT2D eigenvalue weighted by Gasteiger charge is -2.41. The summed E-state index contributed by atoms with van der Waals surface area (Å²) in [5.74, 6) is -0.667. The van der Waals surface area contributed by atoms with Crippen LogP contribution in [0.1, 0.15) is 29.8 Å². The lowest BCUT2D eigenvalue weighted by molar-refractivity contribution is -0.155. The molecule has 4 rings (SSSR count). The first kappa shape index (κ1) is 18.4. The van der Waals surface area contributed by atoms with Crippen LogP contribution in [0.4, 0.5) is 17.6 Å². The van der Waals surface area contributed by atoms with Crippen LogP contribution in [0.3, 0.4) is 0 Å². The maximum absolute atomic E-state index is 14.7. The van der Waals surface area contributed by atoms with E-state index in [0.717, 1.165) is 5.56 Å². The molecule has 142 valence electrons. The third kappa shape index (κ3) is 3.34. The van der Waals surface area contributed by atoms with Crippen LogP contribution in [0.5, 0.6) is 0 Å². The van der Waals surface area contributed by atoms with Crippen LogP contribution in [-0.2, 0) is 6.42 Å². The first-order chi connectivity index (χ1) is 12.7. The molecule has 27 heavy (non-hydrogen) atoms. The van der Waals surface area contributed by atoms with Gasteiger partial charge in [-0.2, -0.15) is 13.2 Å². The zero-order chi connectivity index (χ0) is 19.3. The second-order valence-corrected chi connectivity index (χ2v) is 7.51. The Morgan fingerprint density at radius 2 is 2.07 bits per heavy atom. The Balaban J connectivity index is 1.93. The van der Waals surface area contributed by atoms with Gasteiger partial charge in [0.2, 0.25) is 0 Å². The number of hydrogen-bond acceptors (Lipinski definition) is 4. The van der Waals surface area contributed by atoms with E-state index in [1.54, 1.807) is 19.1 Å². The monoisotopic (exact) mass is 443 g/mol. The van der Waals surface area contributed by atoms with Gasteiger partial charge in [-0.05, 0) is 47.0 Å². The van der Waals surface area contributed by atoms with Gasteiger partial charge in [-0.15, -0.1) is 0 Å². The summed E-state index contributed by atoms with van der Waals surface area (Å²) in [6.07, 6.45) is -1.40. The van der Waals surface area contributed by atoms with Gasteiger partial charge in [0.25, 0.3) is 0 Å². The van der Waals surface area contributed by atoms with Gasteiger partial charge in [0.05, 0.1) is 18.3 Å². The van der Waals surface area contributed by atoms with Gasteiger partial charge in [0.15, 0.2) is 12.0 Å². The van der Waals surface area contributed by atoms with Crippen LogP contribution in [0.25, 0.3) is 11.1 Å². The summed E-state index contributed by atoms with van der Waals surface area (Å²) in [5.41, 5.74) is 2.39. The van der Waals surface area contributed by atoms with Crippen molar-refractivity contribution in [1.82, 2.24) is 14.9 Å². The number of alkyl halides is 3. The van der Waals surface area contributed by atoms with E-state index in [2.05, 4.69) is 25.9 Å². The second-order valence-electron chi connectivity index (χ2n) is 6.60. The zero-order valence-corrected chi connectivity index (χ0v) is 15.7. The van der Waals surface area contributed by atoms with E-state index in [4.69, 9.17) is 4.42 Å². The number of aromatic nitrogens is 2. The summed E-state index contributed by atoms with van der Waals surface area (Å²) in [6, 6.07) is 3.09. The molecule has 0 bridgehead atoms. The molecule has 0 aliphatic carbocycles. The third-order valence-electron chi connectivity index (χ3n) is 4.79. The summed E-state index contributed by atoms with van der Waals surface area (Å²) in [4.78, 5) is 9.45. The van der Waals surface area contributed by atoms with Crippen molar-refractivity contribution in [2.24, 2.45) is 0 Å². The van der Waals surface area contributed by atoms with Crippen LogP contribution < -0.4 is 0 Å². The quantitative estimate of drug-likeness (QED) is 0.521. The summed E-state index contributed by atoms with van der Waals surface area (Å²) >= 11 is 3.14. The normalized spacial score (nSPS) is 20.8. The van der Waals surface area contributed by atoms with Crippen molar-refractivity contribution >= 4 is 27.0 Å². The minimum Gasteiger partial charge on any atom is -0.443 e. The molecule has 9 heteroatoms. The highest BCUT2D eigenvalue weighted by atomic mass is 79.9. The predicted octanol–water partition coefficient (Wildman–Crippen LogP) is 5.02. The number of benzene rings is 1. The van der Waals surface area contributed by atoms with Gasteiger partial charge in [-0.1, -0.05) is 6.07 Å². The van der Waals surface area contributed by atoms with Crippen LogP contribution in [0.15, 0.2) is 39.7 Å². The molecule has 0 N–H and O–H groups in total. The van der Waals surface area contributed by atoms with E-state index in [-0.39, 0.29) is 5.69 Å². The van der Waals surface area contributed by atoms with Crippen molar-refractivity contribution < 1.29 is 22.0 Å². The number of fused-ring (bicyclic) bond motifs is 3. The van der Waals surface area contributed by atoms with Crippen LogP contribution >= 0.6 is 15.9 Å². The molecule has 0 amide bonds. The Bertz CT molecular complexity index is 1000. The van der Waals surface area contributed by atoms with Gasteiger partial charge >= 0.3 is 6.18 Å². The molecule has 0 saturated heterocycles. The second kappa shape index (κ2) is 6.56. The fraction of sp³-hybridized carbons (Fsp3) is 0.333. The number of hydrogen-bond donors (Lipinski definition) is 0. The average Bonchev–Trinajstić information content (AvgIpc) is 3.04. The van der Waals surface area contributed by atoms with Crippen molar-refractivity contribution in [2.75, 3.05) is 6.54 Å². The number of pyridine rings is 1. The molecule has 4 nitrogen and oxygen atoms in total. The van der Waals surface area contributed by atoms with E-state index >= 15 is 0 Å². The van der Waals surface area contributed by atoms with Crippen molar-refractivity contribution in [1.29, 1.82) is 0 Å². The third-order valence-corrected chi connectivity index (χ3v) is 5.22. The van der Waals surface area contributed by atoms with E-state index in [1.165, 1.54) is 23.6 Å². The van der Waals surface area contributed by atoms with Crippen LogP contribution in [0.2, 0.25) is 0 Å². The zero-order valence-electron chi connectivity index (χ0n) is 14.1. The highest BCUT2D eigenvalue weighted by Gasteiger charge is 2.42. The molecule has 2 aromatic heterocycles. The number of nitrogens with zero attached hydrogens (tertiary/aromatic N) is 3. The Morgan fingerprint density at radius 1 is 1.30 bits per heavy atom. The molecular formula is C18H14BrF4N3O. The van der Waals surface area contributed by atoms with Gasteiger partial charge in [-0.25, -0.2) is 9.37 Å². The van der Waals surface area contributed by atoms with E-state index in [1.807, 2.05) is 0 Å². The predicted molar refractivity (Wildman–Crippen MR) is 93.7 cm³/mol. The highest BCUT2D eigenvalue weighted by Crippen LogP contribution is 2.42. The Hall–Kier alpha value is -2.00. The summed E-state index contributed by atoms with van der Waals surface area (Å²) in [6.45, 7) is 0.525. The van der Waals surface area contributed by atoms with E-state index in [0.29, 0.717) is 27.6 Å². The summed E-state index contributed by atoms with van der Waals surface area (Å²) in [5, 5.41) is 0. The number of rotatable bonds is 2. The smallest absolute Gasteiger partial charge is 0.401 e. The van der Waals surface area contributed by atoms with Crippen molar-refractivity contribution in [3.8, 4) is 0 Å². The molecule has 1 aliphatic heterocycles. The van der Waals surface area contributed by atoms with Crippen LogP contribution in [0, 0.1) is 5.82 Å². The highest BCUT2D eigenvalue weighted by molar-refractivity contribution is 9.10. The molecular weight excluding hydrogens is 430 g/mol. The van der Waals surface area contributed by atoms with E-state index < -0.39 is 30.6 Å². The molecule has 0 fully saturated rings. The molecule has 0 saturated carbocycles. The first-order valence-corrected chi connectivity index (χ1v) is 9.02.